The number of hydrogen-bond acceptors (Lipinski definition) is 6. The first kappa shape index (κ1) is 19.3. The van der Waals surface area contributed by atoms with E-state index in [4.69, 9.17) is 16.3 Å². The highest BCUT2D eigenvalue weighted by Crippen LogP contribution is 2.35. The molecule has 0 aliphatic heterocycles. The number of benzene rings is 1. The monoisotopic (exact) mass is 380 g/mol. The van der Waals surface area contributed by atoms with Gasteiger partial charge in [-0.25, -0.2) is 10.2 Å². The van der Waals surface area contributed by atoms with Gasteiger partial charge in [-0.15, -0.1) is 0 Å². The van der Waals surface area contributed by atoms with E-state index in [9.17, 15) is 19.5 Å². The van der Waals surface area contributed by atoms with Crippen molar-refractivity contribution in [1.29, 1.82) is 0 Å². The third-order valence-corrected chi connectivity index (χ3v) is 3.98. The van der Waals surface area contributed by atoms with Gasteiger partial charge < -0.3 is 14.8 Å². The lowest BCUT2D eigenvalue weighted by atomic mass is 10.1. The van der Waals surface area contributed by atoms with E-state index in [1.165, 1.54) is 19.4 Å². The first-order chi connectivity index (χ1) is 12.3. The van der Waals surface area contributed by atoms with E-state index in [0.717, 1.165) is 0 Å². The molecule has 0 saturated heterocycles. The van der Waals surface area contributed by atoms with E-state index >= 15 is 0 Å². The lowest BCUT2D eigenvalue weighted by molar-refractivity contribution is -0.121. The van der Waals surface area contributed by atoms with Crippen LogP contribution < -0.4 is 21.4 Å². The van der Waals surface area contributed by atoms with Crippen molar-refractivity contribution in [1.82, 2.24) is 15.4 Å². The number of aryl methyl sites for hydroxylation is 1. The van der Waals surface area contributed by atoms with Gasteiger partial charge in [0, 0.05) is 23.2 Å². The Labute approximate surface area is 152 Å². The fourth-order valence-corrected chi connectivity index (χ4v) is 2.43. The van der Waals surface area contributed by atoms with Crippen molar-refractivity contribution in [3.8, 4) is 11.5 Å². The van der Waals surface area contributed by atoms with E-state index in [1.807, 2.05) is 0 Å². The number of carbonyl (C=O) groups is 1. The molecule has 0 aliphatic rings. The van der Waals surface area contributed by atoms with Crippen molar-refractivity contribution in [2.75, 3.05) is 7.11 Å². The summed E-state index contributed by atoms with van der Waals surface area (Å²) in [6.07, 6.45) is 1.41. The summed E-state index contributed by atoms with van der Waals surface area (Å²) in [4.78, 5) is 39.2. The van der Waals surface area contributed by atoms with Gasteiger partial charge in [0.15, 0.2) is 11.5 Å². The Balaban J connectivity index is 1.97. The minimum Gasteiger partial charge on any atom is -0.503 e. The molecule has 26 heavy (non-hydrogen) atoms. The molecule has 4 N–H and O–H groups in total. The second kappa shape index (κ2) is 8.34. The number of phenols is 1. The fraction of sp³-hybridized carbons (Fsp3) is 0.250. The van der Waals surface area contributed by atoms with Gasteiger partial charge in [-0.1, -0.05) is 11.6 Å². The summed E-state index contributed by atoms with van der Waals surface area (Å²) in [6.45, 7) is 1.58. The van der Waals surface area contributed by atoms with Crippen LogP contribution in [0.4, 0.5) is 0 Å². The molecular weight excluding hydrogens is 364 g/mol. The molecule has 1 aromatic carbocycles. The maximum Gasteiger partial charge on any atom is 0.325 e. The van der Waals surface area contributed by atoms with Crippen LogP contribution >= 0.6 is 11.6 Å². The van der Waals surface area contributed by atoms with Gasteiger partial charge in [-0.3, -0.25) is 14.6 Å². The number of carbonyl (C=O) groups excluding carboxylic acids is 1. The van der Waals surface area contributed by atoms with Crippen LogP contribution in [0.15, 0.2) is 26.8 Å². The Kier molecular flexibility index (Phi) is 6.18. The average Bonchev–Trinajstić information content (AvgIpc) is 2.58. The number of hydrazone groups is 1. The number of nitrogens with one attached hydrogen (secondary N) is 3. The third kappa shape index (κ3) is 4.51. The molecule has 1 heterocycles. The molecule has 138 valence electrons. The van der Waals surface area contributed by atoms with Crippen LogP contribution in [-0.4, -0.2) is 34.3 Å². The summed E-state index contributed by atoms with van der Waals surface area (Å²) < 4.78 is 4.93. The normalized spacial score (nSPS) is 10.9. The third-order valence-electron chi connectivity index (χ3n) is 3.58. The zero-order valence-corrected chi connectivity index (χ0v) is 14.8. The molecule has 0 bridgehead atoms. The number of phenolic OH excluding ortho intramolecular Hbond substituents is 1. The second-order valence-corrected chi connectivity index (χ2v) is 5.70. The topological polar surface area (TPSA) is 137 Å². The highest BCUT2D eigenvalue weighted by atomic mass is 35.5. The molecular formula is C16H17ClN4O5. The molecule has 0 aliphatic carbocycles. The Morgan fingerprint density at radius 3 is 2.77 bits per heavy atom. The maximum atomic E-state index is 11.8. The van der Waals surface area contributed by atoms with Crippen LogP contribution in [0.5, 0.6) is 11.5 Å². The van der Waals surface area contributed by atoms with Gasteiger partial charge in [0.25, 0.3) is 5.56 Å². The van der Waals surface area contributed by atoms with Crippen molar-refractivity contribution < 1.29 is 14.6 Å². The first-order valence-electron chi connectivity index (χ1n) is 7.53. The Morgan fingerprint density at radius 1 is 1.38 bits per heavy atom. The number of methoxy groups -OCH3 is 1. The average molecular weight is 381 g/mol. The number of hydrogen-bond donors (Lipinski definition) is 4. The SMILES string of the molecule is COc1ccc(/C=N/NC(=O)CCc2c(C)[nH]c(=O)[nH]c2=O)c(Cl)c1O. The van der Waals surface area contributed by atoms with E-state index < -0.39 is 17.2 Å². The van der Waals surface area contributed by atoms with Crippen molar-refractivity contribution in [3.63, 3.8) is 0 Å². The highest BCUT2D eigenvalue weighted by Gasteiger charge is 2.11. The summed E-state index contributed by atoms with van der Waals surface area (Å²) in [5.41, 5.74) is 2.31. The number of aromatic hydroxyl groups is 1. The molecule has 0 radical (unpaired) electrons. The zero-order chi connectivity index (χ0) is 19.3. The summed E-state index contributed by atoms with van der Waals surface area (Å²) >= 11 is 5.98. The van der Waals surface area contributed by atoms with Crippen molar-refractivity contribution in [2.45, 2.75) is 19.8 Å². The van der Waals surface area contributed by atoms with E-state index in [0.29, 0.717) is 16.8 Å². The van der Waals surface area contributed by atoms with Crippen LogP contribution in [0.1, 0.15) is 23.2 Å². The van der Waals surface area contributed by atoms with Gasteiger partial charge in [-0.2, -0.15) is 5.10 Å². The summed E-state index contributed by atoms with van der Waals surface area (Å²) in [5, 5.41) is 13.6. The standard InChI is InChI=1S/C16H17ClN4O5/c1-8-10(15(24)20-16(25)19-8)4-6-12(22)21-18-7-9-3-5-11(26-2)14(23)13(9)17/h3,5,7,23H,4,6H2,1-2H3,(H,21,22)(H2,19,20,24,25)/b18-7+. The number of ether oxygens (including phenoxy) is 1. The minimum atomic E-state index is -0.593. The van der Waals surface area contributed by atoms with E-state index in [-0.39, 0.29) is 29.4 Å². The molecule has 0 fully saturated rings. The van der Waals surface area contributed by atoms with Crippen molar-refractivity contribution >= 4 is 23.7 Å². The highest BCUT2D eigenvalue weighted by molar-refractivity contribution is 6.34. The molecule has 0 atom stereocenters. The van der Waals surface area contributed by atoms with Gasteiger partial charge in [0.2, 0.25) is 5.91 Å². The lowest BCUT2D eigenvalue weighted by Crippen LogP contribution is -2.28. The lowest BCUT2D eigenvalue weighted by Gasteiger charge is -2.06. The molecule has 9 nitrogen and oxygen atoms in total. The predicted octanol–water partition coefficient (Wildman–Crippen LogP) is 0.822. The van der Waals surface area contributed by atoms with Gasteiger partial charge >= 0.3 is 5.69 Å². The molecule has 1 amide bonds. The Bertz CT molecular complexity index is 964. The molecule has 0 spiro atoms. The number of halogens is 1. The smallest absolute Gasteiger partial charge is 0.325 e. The largest absolute Gasteiger partial charge is 0.503 e. The number of H-pyrrole nitrogens is 2. The second-order valence-electron chi connectivity index (χ2n) is 5.32. The Hall–Kier alpha value is -3.07. The fourth-order valence-electron chi connectivity index (χ4n) is 2.22. The molecule has 1 aromatic heterocycles. The minimum absolute atomic E-state index is 0.00506. The van der Waals surface area contributed by atoms with Crippen molar-refractivity contribution in [3.05, 3.63) is 54.8 Å². The molecule has 2 aromatic rings. The number of aromatic amines is 2. The molecule has 0 unspecified atom stereocenters. The molecule has 0 saturated carbocycles. The van der Waals surface area contributed by atoms with Crippen LogP contribution in [-0.2, 0) is 11.2 Å². The molecule has 2 rings (SSSR count). The van der Waals surface area contributed by atoms with Gasteiger partial charge in [0.1, 0.15) is 0 Å². The van der Waals surface area contributed by atoms with Crippen LogP contribution in [0.3, 0.4) is 0 Å². The van der Waals surface area contributed by atoms with E-state index in [1.54, 1.807) is 13.0 Å². The number of rotatable bonds is 6. The van der Waals surface area contributed by atoms with Gasteiger partial charge in [-0.05, 0) is 25.5 Å². The summed E-state index contributed by atoms with van der Waals surface area (Å²) in [6, 6.07) is 3.08. The number of nitrogens with zero attached hydrogens (tertiary/aromatic N) is 1. The quantitative estimate of drug-likeness (QED) is 0.434. The number of amides is 1. The van der Waals surface area contributed by atoms with Crippen LogP contribution in [0.2, 0.25) is 5.02 Å². The summed E-state index contributed by atoms with van der Waals surface area (Å²) in [5.74, 6) is -0.435. The number of aromatic nitrogens is 2. The summed E-state index contributed by atoms with van der Waals surface area (Å²) in [7, 11) is 1.40. The Morgan fingerprint density at radius 2 is 2.12 bits per heavy atom. The first-order valence-corrected chi connectivity index (χ1v) is 7.90. The van der Waals surface area contributed by atoms with Crippen molar-refractivity contribution in [2.24, 2.45) is 5.10 Å². The van der Waals surface area contributed by atoms with Gasteiger partial charge in [0.05, 0.1) is 18.3 Å². The van der Waals surface area contributed by atoms with Crippen LogP contribution in [0, 0.1) is 6.92 Å². The van der Waals surface area contributed by atoms with Crippen LogP contribution in [0.25, 0.3) is 0 Å². The molecule has 10 heteroatoms. The van der Waals surface area contributed by atoms with E-state index in [2.05, 4.69) is 20.5 Å². The zero-order valence-electron chi connectivity index (χ0n) is 14.1. The predicted molar refractivity (Wildman–Crippen MR) is 96.1 cm³/mol. The maximum absolute atomic E-state index is 11.8.